The fourth-order valence-corrected chi connectivity index (χ4v) is 1.77. The van der Waals surface area contributed by atoms with Crippen molar-refractivity contribution in [2.24, 2.45) is 0 Å². The van der Waals surface area contributed by atoms with Crippen molar-refractivity contribution in [2.45, 2.75) is 46.8 Å². The molecule has 0 saturated carbocycles. The number of halogens is 16. The zero-order valence-electron chi connectivity index (χ0n) is 14.1. The first-order valence-corrected chi connectivity index (χ1v) is 8.65. The fraction of sp³-hybridized carbons (Fsp3) is 1.00. The molecule has 0 atom stereocenters. The van der Waals surface area contributed by atoms with Crippen LogP contribution in [0.5, 0.6) is 0 Å². The molecule has 0 spiro atoms. The molecule has 206 valence electrons. The molecule has 0 saturated heterocycles. The molecule has 0 N–H and O–H groups in total. The first-order valence-electron chi connectivity index (χ1n) is 6.50. The largest absolute Gasteiger partial charge is 0.743 e. The minimum atomic E-state index is -8.40. The van der Waals surface area contributed by atoms with E-state index in [0.717, 1.165) is 0 Å². The number of hydrogen-bond donors (Lipinski definition) is 0. The Hall–Kier alpha value is -1.06. The van der Waals surface area contributed by atoms with Gasteiger partial charge in [-0.25, -0.2) is 17.9 Å². The summed E-state index contributed by atoms with van der Waals surface area (Å²) in [5, 5.41) is -2.62. The van der Waals surface area contributed by atoms with E-state index in [2.05, 4.69) is 4.33 Å². The van der Waals surface area contributed by atoms with E-state index in [-0.39, 0.29) is 0 Å². The highest BCUT2D eigenvalue weighted by atomic mass is 32.2. The number of alkyl halides is 16. The molecule has 0 aliphatic heterocycles. The van der Waals surface area contributed by atoms with Gasteiger partial charge in [0.15, 0.2) is 10.1 Å². The minimum Gasteiger partial charge on any atom is -0.743 e. The van der Waals surface area contributed by atoms with Crippen LogP contribution in [0.4, 0.5) is 70.2 Å². The molecule has 0 aromatic heterocycles. The first kappa shape index (κ1) is 32.9. The van der Waals surface area contributed by atoms with Crippen molar-refractivity contribution in [1.82, 2.24) is 0 Å². The second kappa shape index (κ2) is 9.11. The molecule has 8 nitrogen and oxygen atoms in total. The van der Waals surface area contributed by atoms with Crippen molar-refractivity contribution < 1.29 is 107 Å². The predicted octanol–water partition coefficient (Wildman–Crippen LogP) is 3.26. The van der Waals surface area contributed by atoms with Gasteiger partial charge in [-0.2, -0.15) is 74.6 Å². The van der Waals surface area contributed by atoms with Crippen molar-refractivity contribution in [2.75, 3.05) is 0 Å². The first-order chi connectivity index (χ1) is 14.5. The molecule has 0 amide bonds. The standard InChI is InChI=1S/C8H2F16O8S2/c9-1(10,3(13,14)29-5(17,18)7(21,22)33-32-31-25)2(11,12)4(15,16)30-6(19,20)8(23,24)34(26,27)28/h25H,(H,26,27,28)/p-2. The molecule has 0 aromatic rings. The summed E-state index contributed by atoms with van der Waals surface area (Å²) in [6.07, 6.45) is -30.9. The summed E-state index contributed by atoms with van der Waals surface area (Å²) < 4.78 is 243. The monoisotopic (exact) mass is 592 g/mol. The van der Waals surface area contributed by atoms with Crippen LogP contribution in [0, 0.1) is 0 Å². The Morgan fingerprint density at radius 1 is 0.588 bits per heavy atom. The Morgan fingerprint density at radius 2 is 0.912 bits per heavy atom. The van der Waals surface area contributed by atoms with Crippen LogP contribution in [0.2, 0.25) is 0 Å². The summed E-state index contributed by atoms with van der Waals surface area (Å²) in [5.41, 5.74) is 0. The predicted molar refractivity (Wildman–Crippen MR) is 61.2 cm³/mol. The van der Waals surface area contributed by atoms with E-state index in [0.29, 0.717) is 0 Å². The Kier molecular flexibility index (Phi) is 8.82. The molecule has 0 unspecified atom stereocenters. The lowest BCUT2D eigenvalue weighted by Crippen LogP contribution is -2.67. The molecule has 0 heterocycles. The van der Waals surface area contributed by atoms with Gasteiger partial charge in [0.2, 0.25) is 0 Å². The van der Waals surface area contributed by atoms with Crippen LogP contribution < -0.4 is 5.26 Å². The highest BCUT2D eigenvalue weighted by Gasteiger charge is 2.86. The summed E-state index contributed by atoms with van der Waals surface area (Å²) in [5.74, 6) is -16.8. The van der Waals surface area contributed by atoms with Crippen molar-refractivity contribution >= 4 is 22.2 Å². The van der Waals surface area contributed by atoms with E-state index in [1.165, 1.54) is 9.47 Å². The second-order valence-electron chi connectivity index (χ2n) is 5.13. The van der Waals surface area contributed by atoms with Gasteiger partial charge in [-0.3, -0.25) is 5.04 Å². The van der Waals surface area contributed by atoms with Gasteiger partial charge in [-0.1, -0.05) is 0 Å². The van der Waals surface area contributed by atoms with E-state index in [1.807, 2.05) is 5.04 Å². The summed E-state index contributed by atoms with van der Waals surface area (Å²) in [4.78, 5) is 0. The van der Waals surface area contributed by atoms with Crippen molar-refractivity contribution in [3.8, 4) is 0 Å². The summed E-state index contributed by atoms with van der Waals surface area (Å²) in [6, 6.07) is 0. The average Bonchev–Trinajstić information content (AvgIpc) is 2.56. The third-order valence-corrected chi connectivity index (χ3v) is 4.23. The van der Waals surface area contributed by atoms with E-state index < -0.39 is 68.9 Å². The van der Waals surface area contributed by atoms with Gasteiger partial charge in [0, 0.05) is 0 Å². The van der Waals surface area contributed by atoms with Crippen LogP contribution in [0.3, 0.4) is 0 Å². The van der Waals surface area contributed by atoms with Gasteiger partial charge in [0.1, 0.15) is 12.0 Å². The third kappa shape index (κ3) is 5.67. The number of ether oxygens (including phenoxy) is 2. The lowest BCUT2D eigenvalue weighted by atomic mass is 10.1. The summed E-state index contributed by atoms with van der Waals surface area (Å²) >= 11 is -2.29. The SMILES string of the molecule is O=S(=O)([O-])C(F)(F)C(F)(F)OC(F)(F)C(F)(F)C(F)(F)C(F)(F)OC(F)(F)C(F)(F)SOO[O-]. The molecule has 0 radical (unpaired) electrons. The lowest BCUT2D eigenvalue weighted by Gasteiger charge is -2.39. The van der Waals surface area contributed by atoms with Crippen LogP contribution in [-0.4, -0.2) is 59.8 Å². The highest BCUT2D eigenvalue weighted by Crippen LogP contribution is 2.58. The Morgan fingerprint density at radius 3 is 1.21 bits per heavy atom. The molecule has 0 aliphatic rings. The quantitative estimate of drug-likeness (QED) is 0.105. The van der Waals surface area contributed by atoms with Crippen LogP contribution in [0.15, 0.2) is 0 Å². The van der Waals surface area contributed by atoms with Gasteiger partial charge >= 0.3 is 46.8 Å². The molecular weight excluding hydrogens is 592 g/mol. The number of rotatable bonds is 13. The van der Waals surface area contributed by atoms with Crippen LogP contribution in [-0.2, 0) is 29.0 Å². The molecular formula is C8F16O8S2-2. The van der Waals surface area contributed by atoms with Crippen molar-refractivity contribution in [1.29, 1.82) is 0 Å². The van der Waals surface area contributed by atoms with E-state index in [4.69, 9.17) is 0 Å². The highest BCUT2D eigenvalue weighted by molar-refractivity contribution is 7.95. The van der Waals surface area contributed by atoms with E-state index >= 15 is 0 Å². The van der Waals surface area contributed by atoms with Crippen molar-refractivity contribution in [3.05, 3.63) is 0 Å². The van der Waals surface area contributed by atoms with Crippen molar-refractivity contribution in [3.63, 3.8) is 0 Å². The molecule has 26 heteroatoms. The maximum absolute atomic E-state index is 13.3. The lowest BCUT2D eigenvalue weighted by molar-refractivity contribution is -0.777. The van der Waals surface area contributed by atoms with Gasteiger partial charge < -0.3 is 9.81 Å². The Bertz CT molecular complexity index is 829. The summed E-state index contributed by atoms with van der Waals surface area (Å²) in [7, 11) is -7.82. The van der Waals surface area contributed by atoms with Gasteiger partial charge in [0.05, 0.1) is 0 Å². The molecule has 0 aliphatic carbocycles. The molecule has 0 fully saturated rings. The number of hydrogen-bond acceptors (Lipinski definition) is 9. The fourth-order valence-electron chi connectivity index (χ4n) is 1.19. The average molecular weight is 592 g/mol. The maximum atomic E-state index is 13.3. The van der Waals surface area contributed by atoms with E-state index in [9.17, 15) is 88.5 Å². The topological polar surface area (TPSA) is 117 Å². The normalized spacial score (nSPS) is 16.2. The molecule has 0 aromatic carbocycles. The molecule has 0 rings (SSSR count). The Labute approximate surface area is 177 Å². The smallest absolute Gasteiger partial charge is 0.438 e. The summed E-state index contributed by atoms with van der Waals surface area (Å²) in [6.45, 7) is 0. The van der Waals surface area contributed by atoms with Gasteiger partial charge in [-0.15, -0.1) is 0 Å². The zero-order chi connectivity index (χ0) is 28.0. The second-order valence-corrected chi connectivity index (χ2v) is 7.36. The van der Waals surface area contributed by atoms with Crippen LogP contribution in [0.25, 0.3) is 0 Å². The Balaban J connectivity index is 6.30. The maximum Gasteiger partial charge on any atom is 0.438 e. The van der Waals surface area contributed by atoms with Crippen LogP contribution in [0.1, 0.15) is 0 Å². The van der Waals surface area contributed by atoms with Gasteiger partial charge in [-0.05, 0) is 0 Å². The minimum absolute atomic E-state index is 1.19. The van der Waals surface area contributed by atoms with E-state index in [1.54, 1.807) is 0 Å². The molecule has 0 bridgehead atoms. The zero-order valence-corrected chi connectivity index (χ0v) is 15.8. The van der Waals surface area contributed by atoms with Crippen LogP contribution >= 0.6 is 12.0 Å². The third-order valence-electron chi connectivity index (χ3n) is 2.80. The molecule has 34 heavy (non-hydrogen) atoms. The van der Waals surface area contributed by atoms with Gasteiger partial charge in [0.25, 0.3) is 0 Å².